The Labute approximate surface area is 54.6 Å². The SMILES string of the molecule is C=CCOCC(O)C[O]. The molecule has 3 heteroatoms. The van der Waals surface area contributed by atoms with E-state index in [9.17, 15) is 5.11 Å². The van der Waals surface area contributed by atoms with Gasteiger partial charge in [0.2, 0.25) is 0 Å². The Kier molecular flexibility index (Phi) is 5.51. The van der Waals surface area contributed by atoms with E-state index in [0.717, 1.165) is 0 Å². The third-order valence-electron chi connectivity index (χ3n) is 0.738. The first-order chi connectivity index (χ1) is 4.31. The van der Waals surface area contributed by atoms with Gasteiger partial charge >= 0.3 is 0 Å². The van der Waals surface area contributed by atoms with Crippen molar-refractivity contribution >= 4 is 0 Å². The molecule has 0 aliphatic rings. The third kappa shape index (κ3) is 5.49. The lowest BCUT2D eigenvalue weighted by molar-refractivity contribution is -0.00515. The van der Waals surface area contributed by atoms with E-state index in [1.807, 2.05) is 0 Å². The lowest BCUT2D eigenvalue weighted by Gasteiger charge is -2.03. The average Bonchev–Trinajstić information content (AvgIpc) is 1.89. The van der Waals surface area contributed by atoms with Crippen LogP contribution in [0, 0.1) is 0 Å². The molecular formula is C6H11O3. The topological polar surface area (TPSA) is 49.4 Å². The second-order valence-electron chi connectivity index (χ2n) is 1.65. The van der Waals surface area contributed by atoms with Crippen LogP contribution in [0.3, 0.4) is 0 Å². The maximum atomic E-state index is 9.87. The summed E-state index contributed by atoms with van der Waals surface area (Å²) in [4.78, 5) is 0. The monoisotopic (exact) mass is 131 g/mol. The van der Waals surface area contributed by atoms with Gasteiger partial charge in [-0.15, -0.1) is 6.58 Å². The minimum absolute atomic E-state index is 0.107. The summed E-state index contributed by atoms with van der Waals surface area (Å²) in [6.07, 6.45) is 0.697. The summed E-state index contributed by atoms with van der Waals surface area (Å²) in [5, 5.41) is 18.5. The van der Waals surface area contributed by atoms with E-state index >= 15 is 0 Å². The summed E-state index contributed by atoms with van der Waals surface area (Å²) in [5.74, 6) is 0. The number of rotatable bonds is 5. The molecule has 1 N–H and O–H groups in total. The molecular weight excluding hydrogens is 120 g/mol. The van der Waals surface area contributed by atoms with Crippen LogP contribution in [-0.2, 0) is 9.84 Å². The second kappa shape index (κ2) is 5.75. The van der Waals surface area contributed by atoms with Gasteiger partial charge in [-0.2, -0.15) is 0 Å². The highest BCUT2D eigenvalue weighted by atomic mass is 16.5. The normalized spacial score (nSPS) is 13.1. The van der Waals surface area contributed by atoms with Crippen molar-refractivity contribution in [3.05, 3.63) is 12.7 Å². The molecule has 3 nitrogen and oxygen atoms in total. The van der Waals surface area contributed by atoms with Crippen LogP contribution < -0.4 is 0 Å². The molecule has 0 aromatic rings. The fraction of sp³-hybridized carbons (Fsp3) is 0.667. The zero-order valence-electron chi connectivity index (χ0n) is 5.25. The lowest BCUT2D eigenvalue weighted by atomic mass is 10.4. The van der Waals surface area contributed by atoms with Crippen molar-refractivity contribution in [3.63, 3.8) is 0 Å². The van der Waals surface area contributed by atoms with Gasteiger partial charge in [0.15, 0.2) is 0 Å². The Morgan fingerprint density at radius 1 is 1.78 bits per heavy atom. The molecule has 0 rings (SSSR count). The van der Waals surface area contributed by atoms with Crippen LogP contribution in [0.25, 0.3) is 0 Å². The highest BCUT2D eigenvalue weighted by Crippen LogP contribution is 1.82. The van der Waals surface area contributed by atoms with E-state index < -0.39 is 12.7 Å². The highest BCUT2D eigenvalue weighted by molar-refractivity contribution is 4.64. The number of ether oxygens (including phenoxy) is 1. The van der Waals surface area contributed by atoms with Gasteiger partial charge < -0.3 is 9.84 Å². The first-order valence-electron chi connectivity index (χ1n) is 2.76. The molecule has 1 unspecified atom stereocenters. The molecule has 0 aromatic carbocycles. The van der Waals surface area contributed by atoms with Crippen molar-refractivity contribution in [2.75, 3.05) is 19.8 Å². The van der Waals surface area contributed by atoms with E-state index in [0.29, 0.717) is 6.61 Å². The number of hydrogen-bond acceptors (Lipinski definition) is 2. The molecule has 53 valence electrons. The first-order valence-corrected chi connectivity index (χ1v) is 2.76. The standard InChI is InChI=1S/C6H11O3/c1-2-3-9-5-6(8)4-7/h2,6,8H,1,3-5H2. The van der Waals surface area contributed by atoms with Crippen molar-refractivity contribution in [1.29, 1.82) is 0 Å². The Hall–Kier alpha value is -0.380. The third-order valence-corrected chi connectivity index (χ3v) is 0.738. The summed E-state index contributed by atoms with van der Waals surface area (Å²) >= 11 is 0. The smallest absolute Gasteiger partial charge is 0.110 e. The van der Waals surface area contributed by atoms with Gasteiger partial charge in [-0.3, -0.25) is 0 Å². The molecule has 0 aliphatic carbocycles. The summed E-state index contributed by atoms with van der Waals surface area (Å²) in [7, 11) is 0. The maximum absolute atomic E-state index is 9.87. The molecule has 0 saturated carbocycles. The van der Waals surface area contributed by atoms with E-state index in [4.69, 9.17) is 9.84 Å². The molecule has 0 heterocycles. The van der Waals surface area contributed by atoms with E-state index in [1.54, 1.807) is 6.08 Å². The fourth-order valence-corrected chi connectivity index (χ4v) is 0.336. The largest absolute Gasteiger partial charge is 0.388 e. The first kappa shape index (κ1) is 8.62. The zero-order chi connectivity index (χ0) is 7.11. The molecule has 1 atom stereocenters. The van der Waals surface area contributed by atoms with Crippen LogP contribution in [0.15, 0.2) is 12.7 Å². The molecule has 0 aromatic heterocycles. The molecule has 9 heavy (non-hydrogen) atoms. The molecule has 0 aliphatic heterocycles. The Morgan fingerprint density at radius 3 is 2.89 bits per heavy atom. The van der Waals surface area contributed by atoms with Crippen molar-refractivity contribution in [3.8, 4) is 0 Å². The summed E-state index contributed by atoms with van der Waals surface area (Å²) in [6, 6.07) is 0. The quantitative estimate of drug-likeness (QED) is 0.421. The minimum Gasteiger partial charge on any atom is -0.388 e. The van der Waals surface area contributed by atoms with Crippen LogP contribution >= 0.6 is 0 Å². The maximum Gasteiger partial charge on any atom is 0.110 e. The fourth-order valence-electron chi connectivity index (χ4n) is 0.336. The van der Waals surface area contributed by atoms with E-state index in [-0.39, 0.29) is 6.61 Å². The van der Waals surface area contributed by atoms with Gasteiger partial charge in [0, 0.05) is 0 Å². The highest BCUT2D eigenvalue weighted by Gasteiger charge is 1.99. The molecule has 0 amide bonds. The van der Waals surface area contributed by atoms with Gasteiger partial charge in [-0.25, -0.2) is 5.11 Å². The Balaban J connectivity index is 2.96. The summed E-state index contributed by atoms with van der Waals surface area (Å²) in [6.45, 7) is 3.39. The zero-order valence-corrected chi connectivity index (χ0v) is 5.25. The van der Waals surface area contributed by atoms with Crippen LogP contribution in [0.4, 0.5) is 0 Å². The predicted molar refractivity (Wildman–Crippen MR) is 32.6 cm³/mol. The molecule has 0 fully saturated rings. The van der Waals surface area contributed by atoms with Crippen LogP contribution in [0.1, 0.15) is 0 Å². The van der Waals surface area contributed by atoms with Gasteiger partial charge in [0.05, 0.1) is 13.2 Å². The summed E-state index contributed by atoms with van der Waals surface area (Å²) < 4.78 is 4.77. The van der Waals surface area contributed by atoms with Crippen LogP contribution in [0.2, 0.25) is 0 Å². The number of hydrogen-bond donors (Lipinski definition) is 1. The van der Waals surface area contributed by atoms with Crippen LogP contribution in [0.5, 0.6) is 0 Å². The van der Waals surface area contributed by atoms with Gasteiger partial charge in [-0.05, 0) is 0 Å². The molecule has 1 radical (unpaired) electrons. The minimum atomic E-state index is -0.870. The summed E-state index contributed by atoms with van der Waals surface area (Å²) in [5.41, 5.74) is 0. The second-order valence-corrected chi connectivity index (χ2v) is 1.65. The van der Waals surface area contributed by atoms with Gasteiger partial charge in [0.1, 0.15) is 12.7 Å². The number of aliphatic hydroxyl groups is 1. The Bertz CT molecular complexity index is 72.7. The van der Waals surface area contributed by atoms with Crippen LogP contribution in [-0.4, -0.2) is 31.0 Å². The van der Waals surface area contributed by atoms with E-state index in [1.165, 1.54) is 0 Å². The lowest BCUT2D eigenvalue weighted by Crippen LogP contribution is -2.18. The van der Waals surface area contributed by atoms with Crippen molar-refractivity contribution in [2.45, 2.75) is 6.10 Å². The Morgan fingerprint density at radius 2 is 2.44 bits per heavy atom. The van der Waals surface area contributed by atoms with Crippen molar-refractivity contribution < 1.29 is 14.9 Å². The average molecular weight is 131 g/mol. The van der Waals surface area contributed by atoms with Gasteiger partial charge in [0.25, 0.3) is 0 Å². The van der Waals surface area contributed by atoms with Crippen molar-refractivity contribution in [1.82, 2.24) is 0 Å². The molecule has 0 saturated heterocycles. The van der Waals surface area contributed by atoms with E-state index in [2.05, 4.69) is 6.58 Å². The molecule has 0 spiro atoms. The van der Waals surface area contributed by atoms with Crippen molar-refractivity contribution in [2.24, 2.45) is 0 Å². The molecule has 0 bridgehead atoms. The predicted octanol–water partition coefficient (Wildman–Crippen LogP) is -0.0196. The van der Waals surface area contributed by atoms with Gasteiger partial charge in [-0.1, -0.05) is 6.08 Å². The number of aliphatic hydroxyl groups excluding tert-OH is 1.